The van der Waals surface area contributed by atoms with Crippen molar-refractivity contribution >= 4 is 34.1 Å². The summed E-state index contributed by atoms with van der Waals surface area (Å²) in [5.41, 5.74) is 0.783. The Hall–Kier alpha value is -1.06. The van der Waals surface area contributed by atoms with Crippen LogP contribution in [-0.2, 0) is 0 Å². The first kappa shape index (κ1) is 9.19. The third-order valence-corrected chi connectivity index (χ3v) is 3.05. The lowest BCUT2D eigenvalue weighted by atomic mass is 10.2. The monoisotopic (exact) mass is 243 g/mol. The van der Waals surface area contributed by atoms with Gasteiger partial charge in [0.2, 0.25) is 0 Å². The first-order valence-corrected chi connectivity index (χ1v) is 5.27. The Kier molecular flexibility index (Phi) is 1.97. The van der Waals surface area contributed by atoms with Crippen LogP contribution in [0.2, 0.25) is 10.0 Å². The molecular formula is C10H7Cl2NO2. The van der Waals surface area contributed by atoms with Crippen LogP contribution < -0.4 is 9.47 Å². The molecule has 0 radical (unpaired) electrons. The van der Waals surface area contributed by atoms with Crippen LogP contribution in [0.15, 0.2) is 12.3 Å². The summed E-state index contributed by atoms with van der Waals surface area (Å²) in [5, 5.41) is 2.00. The molecule has 1 N–H and O–H groups in total. The number of halogens is 2. The van der Waals surface area contributed by atoms with Gasteiger partial charge in [-0.25, -0.2) is 0 Å². The van der Waals surface area contributed by atoms with Gasteiger partial charge in [-0.2, -0.15) is 0 Å². The van der Waals surface area contributed by atoms with Gasteiger partial charge in [0, 0.05) is 11.6 Å². The summed E-state index contributed by atoms with van der Waals surface area (Å²) >= 11 is 12.2. The molecule has 3 nitrogen and oxygen atoms in total. The lowest BCUT2D eigenvalue weighted by molar-refractivity contribution is 0.172. The van der Waals surface area contributed by atoms with E-state index in [0.717, 1.165) is 10.9 Å². The first-order chi connectivity index (χ1) is 7.27. The van der Waals surface area contributed by atoms with Gasteiger partial charge in [0.15, 0.2) is 11.5 Å². The van der Waals surface area contributed by atoms with Crippen molar-refractivity contribution in [3.8, 4) is 11.5 Å². The molecular weight excluding hydrogens is 237 g/mol. The molecule has 1 aliphatic rings. The van der Waals surface area contributed by atoms with E-state index in [1.165, 1.54) is 0 Å². The van der Waals surface area contributed by atoms with Crippen molar-refractivity contribution in [3.63, 3.8) is 0 Å². The number of benzene rings is 1. The van der Waals surface area contributed by atoms with E-state index >= 15 is 0 Å². The second kappa shape index (κ2) is 3.22. The number of H-pyrrole nitrogens is 1. The average molecular weight is 244 g/mol. The van der Waals surface area contributed by atoms with Crippen LogP contribution in [0.1, 0.15) is 0 Å². The number of hydrogen-bond acceptors (Lipinski definition) is 2. The van der Waals surface area contributed by atoms with Gasteiger partial charge in [0.25, 0.3) is 0 Å². The Balaban J connectivity index is 2.37. The molecule has 3 rings (SSSR count). The maximum atomic E-state index is 6.18. The van der Waals surface area contributed by atoms with Gasteiger partial charge in [-0.15, -0.1) is 0 Å². The van der Waals surface area contributed by atoms with Gasteiger partial charge < -0.3 is 14.5 Å². The van der Waals surface area contributed by atoms with Gasteiger partial charge in [-0.1, -0.05) is 23.2 Å². The lowest BCUT2D eigenvalue weighted by Crippen LogP contribution is -2.15. The minimum atomic E-state index is 0.521. The molecule has 2 heterocycles. The maximum absolute atomic E-state index is 6.18. The Bertz CT molecular complexity index is 536. The minimum absolute atomic E-state index is 0.521. The summed E-state index contributed by atoms with van der Waals surface area (Å²) in [6.07, 6.45) is 1.70. The van der Waals surface area contributed by atoms with E-state index in [1.54, 1.807) is 6.20 Å². The number of aromatic amines is 1. The zero-order valence-electron chi connectivity index (χ0n) is 7.64. The van der Waals surface area contributed by atoms with Crippen molar-refractivity contribution in [3.05, 3.63) is 22.3 Å². The molecule has 1 aliphatic heterocycles. The lowest BCUT2D eigenvalue weighted by Gasteiger charge is -2.19. The summed E-state index contributed by atoms with van der Waals surface area (Å²) < 4.78 is 10.9. The predicted molar refractivity (Wildman–Crippen MR) is 59.3 cm³/mol. The summed E-state index contributed by atoms with van der Waals surface area (Å²) in [4.78, 5) is 3.01. The Morgan fingerprint density at radius 3 is 2.87 bits per heavy atom. The van der Waals surface area contributed by atoms with Gasteiger partial charge in [0.05, 0.1) is 10.5 Å². The quantitative estimate of drug-likeness (QED) is 0.771. The fourth-order valence-corrected chi connectivity index (χ4v) is 2.20. The normalized spacial score (nSPS) is 14.5. The molecule has 1 aromatic heterocycles. The van der Waals surface area contributed by atoms with Crippen LogP contribution in [0.3, 0.4) is 0 Å². The molecule has 0 atom stereocenters. The van der Waals surface area contributed by atoms with Crippen molar-refractivity contribution in [2.45, 2.75) is 0 Å². The standard InChI is InChI=1S/C10H7Cl2NO2/c11-6-4-13-9-5(6)3-7-10(8(9)12)15-2-1-14-7/h3-4,13H,1-2H2. The number of ether oxygens (including phenoxy) is 2. The van der Waals surface area contributed by atoms with Crippen LogP contribution in [0, 0.1) is 0 Å². The molecule has 5 heteroatoms. The van der Waals surface area contributed by atoms with Crippen LogP contribution in [0.25, 0.3) is 10.9 Å². The van der Waals surface area contributed by atoms with Crippen molar-refractivity contribution in [2.24, 2.45) is 0 Å². The van der Waals surface area contributed by atoms with Crippen molar-refractivity contribution in [1.29, 1.82) is 0 Å². The van der Waals surface area contributed by atoms with E-state index < -0.39 is 0 Å². The number of rotatable bonds is 0. The highest BCUT2D eigenvalue weighted by atomic mass is 35.5. The molecule has 0 bridgehead atoms. The molecule has 0 saturated heterocycles. The topological polar surface area (TPSA) is 34.2 Å². The molecule has 0 saturated carbocycles. The van der Waals surface area contributed by atoms with Crippen molar-refractivity contribution in [2.75, 3.05) is 13.2 Å². The van der Waals surface area contributed by atoms with Crippen molar-refractivity contribution in [1.82, 2.24) is 4.98 Å². The van der Waals surface area contributed by atoms with Crippen LogP contribution in [0.5, 0.6) is 11.5 Å². The maximum Gasteiger partial charge on any atom is 0.182 e. The van der Waals surface area contributed by atoms with Crippen molar-refractivity contribution < 1.29 is 9.47 Å². The smallest absolute Gasteiger partial charge is 0.182 e. The highest BCUT2D eigenvalue weighted by Gasteiger charge is 2.20. The van der Waals surface area contributed by atoms with E-state index in [0.29, 0.717) is 34.8 Å². The molecule has 0 unspecified atom stereocenters. The zero-order chi connectivity index (χ0) is 10.4. The van der Waals surface area contributed by atoms with E-state index in [9.17, 15) is 0 Å². The SMILES string of the molecule is Clc1c[nH]c2c(Cl)c3c(cc12)OCCO3. The Morgan fingerprint density at radius 1 is 1.20 bits per heavy atom. The van der Waals surface area contributed by atoms with E-state index in [2.05, 4.69) is 4.98 Å². The summed E-state index contributed by atoms with van der Waals surface area (Å²) in [7, 11) is 0. The van der Waals surface area contributed by atoms with Gasteiger partial charge in [0.1, 0.15) is 18.2 Å². The number of nitrogens with one attached hydrogen (secondary N) is 1. The molecule has 0 aliphatic carbocycles. The molecule has 0 spiro atoms. The minimum Gasteiger partial charge on any atom is -0.486 e. The van der Waals surface area contributed by atoms with Crippen LogP contribution in [0.4, 0.5) is 0 Å². The van der Waals surface area contributed by atoms with Crippen LogP contribution >= 0.6 is 23.2 Å². The average Bonchev–Trinajstić information content (AvgIpc) is 2.62. The highest BCUT2D eigenvalue weighted by Crippen LogP contribution is 2.43. The molecule has 2 aromatic rings. The van der Waals surface area contributed by atoms with Crippen LogP contribution in [-0.4, -0.2) is 18.2 Å². The fraction of sp³-hybridized carbons (Fsp3) is 0.200. The fourth-order valence-electron chi connectivity index (χ4n) is 1.69. The third-order valence-electron chi connectivity index (χ3n) is 2.38. The third kappa shape index (κ3) is 1.27. The summed E-state index contributed by atoms with van der Waals surface area (Å²) in [6.45, 7) is 1.06. The van der Waals surface area contributed by atoms with Gasteiger partial charge >= 0.3 is 0 Å². The first-order valence-electron chi connectivity index (χ1n) is 4.52. The Morgan fingerprint density at radius 2 is 2.00 bits per heavy atom. The van der Waals surface area contributed by atoms with E-state index in [4.69, 9.17) is 32.7 Å². The molecule has 0 fully saturated rings. The second-order valence-corrected chi connectivity index (χ2v) is 4.06. The number of aromatic nitrogens is 1. The molecule has 78 valence electrons. The predicted octanol–water partition coefficient (Wildman–Crippen LogP) is 3.25. The summed E-state index contributed by atoms with van der Waals surface area (Å²) in [5.74, 6) is 1.24. The zero-order valence-corrected chi connectivity index (χ0v) is 9.15. The number of fused-ring (bicyclic) bond motifs is 2. The van der Waals surface area contributed by atoms with Gasteiger partial charge in [-0.05, 0) is 6.07 Å². The van der Waals surface area contributed by atoms with E-state index in [1.807, 2.05) is 6.07 Å². The van der Waals surface area contributed by atoms with E-state index in [-0.39, 0.29) is 0 Å². The second-order valence-electron chi connectivity index (χ2n) is 3.27. The summed E-state index contributed by atoms with van der Waals surface area (Å²) in [6, 6.07) is 1.84. The van der Waals surface area contributed by atoms with Gasteiger partial charge in [-0.3, -0.25) is 0 Å². The highest BCUT2D eigenvalue weighted by molar-refractivity contribution is 6.40. The molecule has 1 aromatic carbocycles. The largest absolute Gasteiger partial charge is 0.486 e. The molecule has 15 heavy (non-hydrogen) atoms. The molecule has 0 amide bonds. The Labute approximate surface area is 95.9 Å². The number of hydrogen-bond donors (Lipinski definition) is 1.